The fourth-order valence-corrected chi connectivity index (χ4v) is 2.11. The number of aryl methyl sites for hydroxylation is 1. The van der Waals surface area contributed by atoms with E-state index in [9.17, 15) is 5.11 Å². The van der Waals surface area contributed by atoms with Crippen LogP contribution in [0.15, 0.2) is 54.9 Å². The number of hydrogen-bond acceptors (Lipinski definition) is 3. The normalized spacial score (nSPS) is 12.5. The van der Waals surface area contributed by atoms with Crippen LogP contribution in [0.3, 0.4) is 0 Å². The average molecular weight is 254 g/mol. The number of aromatic nitrogens is 4. The molecular formula is C14H14N4O. The van der Waals surface area contributed by atoms with Gasteiger partial charge in [-0.1, -0.05) is 18.2 Å². The third kappa shape index (κ3) is 2.04. The molecule has 0 saturated heterocycles. The number of aliphatic hydroxyl groups is 1. The Morgan fingerprint density at radius 2 is 1.63 bits per heavy atom. The van der Waals surface area contributed by atoms with Gasteiger partial charge >= 0.3 is 0 Å². The van der Waals surface area contributed by atoms with E-state index in [2.05, 4.69) is 10.2 Å². The Hall–Kier alpha value is -2.40. The summed E-state index contributed by atoms with van der Waals surface area (Å²) in [6.45, 7) is 0. The van der Waals surface area contributed by atoms with E-state index in [-0.39, 0.29) is 0 Å². The molecule has 0 fully saturated rings. The van der Waals surface area contributed by atoms with Crippen LogP contribution < -0.4 is 0 Å². The zero-order valence-corrected chi connectivity index (χ0v) is 10.5. The lowest BCUT2D eigenvalue weighted by Crippen LogP contribution is -2.11. The Labute approximate surface area is 110 Å². The molecule has 19 heavy (non-hydrogen) atoms. The lowest BCUT2D eigenvalue weighted by atomic mass is 10.2. The third-order valence-electron chi connectivity index (χ3n) is 3.09. The van der Waals surface area contributed by atoms with Gasteiger partial charge in [-0.2, -0.15) is 10.2 Å². The first-order chi connectivity index (χ1) is 9.27. The van der Waals surface area contributed by atoms with Gasteiger partial charge in [0.05, 0.1) is 17.1 Å². The maximum absolute atomic E-state index is 10.5. The standard InChI is InChI=1S/C14H14N4O/c1-17-12(7-9-15-17)14(19)13-8-10-16-18(13)11-5-3-2-4-6-11/h2-10,14,19H,1H3. The highest BCUT2D eigenvalue weighted by molar-refractivity contribution is 5.34. The second-order valence-electron chi connectivity index (χ2n) is 4.29. The Bertz CT molecular complexity index is 672. The Morgan fingerprint density at radius 1 is 0.947 bits per heavy atom. The zero-order chi connectivity index (χ0) is 13.2. The molecule has 0 aliphatic heterocycles. The van der Waals surface area contributed by atoms with Gasteiger partial charge in [0.25, 0.3) is 0 Å². The van der Waals surface area contributed by atoms with Gasteiger partial charge in [-0.25, -0.2) is 4.68 Å². The fourth-order valence-electron chi connectivity index (χ4n) is 2.11. The molecule has 3 rings (SSSR count). The lowest BCUT2D eigenvalue weighted by Gasteiger charge is -2.13. The highest BCUT2D eigenvalue weighted by Gasteiger charge is 2.18. The largest absolute Gasteiger partial charge is 0.380 e. The van der Waals surface area contributed by atoms with Gasteiger partial charge in [-0.3, -0.25) is 4.68 Å². The van der Waals surface area contributed by atoms with Crippen molar-refractivity contribution >= 4 is 0 Å². The summed E-state index contributed by atoms with van der Waals surface area (Å²) in [6, 6.07) is 13.3. The molecule has 1 N–H and O–H groups in total. The van der Waals surface area contributed by atoms with Crippen LogP contribution in [0.4, 0.5) is 0 Å². The minimum Gasteiger partial charge on any atom is -0.380 e. The second-order valence-corrected chi connectivity index (χ2v) is 4.29. The molecule has 0 bridgehead atoms. The molecule has 5 nitrogen and oxygen atoms in total. The Balaban J connectivity index is 2.04. The summed E-state index contributed by atoms with van der Waals surface area (Å²) in [4.78, 5) is 0. The molecule has 2 aromatic heterocycles. The zero-order valence-electron chi connectivity index (χ0n) is 10.5. The minimum absolute atomic E-state index is 0.717. The summed E-state index contributed by atoms with van der Waals surface area (Å²) in [6.07, 6.45) is 2.60. The molecular weight excluding hydrogens is 240 g/mol. The van der Waals surface area contributed by atoms with E-state index in [1.165, 1.54) is 0 Å². The summed E-state index contributed by atoms with van der Waals surface area (Å²) >= 11 is 0. The SMILES string of the molecule is Cn1nccc1C(O)c1ccnn1-c1ccccc1. The van der Waals surface area contributed by atoms with Crippen molar-refractivity contribution in [2.45, 2.75) is 6.10 Å². The number of hydrogen-bond donors (Lipinski definition) is 1. The molecule has 1 unspecified atom stereocenters. The highest BCUT2D eigenvalue weighted by Crippen LogP contribution is 2.23. The Morgan fingerprint density at radius 3 is 2.32 bits per heavy atom. The first kappa shape index (κ1) is 11.7. The number of aliphatic hydroxyl groups excluding tert-OH is 1. The first-order valence-electron chi connectivity index (χ1n) is 6.02. The van der Waals surface area contributed by atoms with Gasteiger partial charge in [0.1, 0.15) is 6.10 Å². The topological polar surface area (TPSA) is 55.9 Å². The van der Waals surface area contributed by atoms with Crippen molar-refractivity contribution in [2.24, 2.45) is 7.05 Å². The van der Waals surface area contributed by atoms with Crippen LogP contribution in [-0.4, -0.2) is 24.7 Å². The van der Waals surface area contributed by atoms with Crippen LogP contribution in [0.5, 0.6) is 0 Å². The molecule has 0 amide bonds. The molecule has 5 heteroatoms. The van der Waals surface area contributed by atoms with E-state index >= 15 is 0 Å². The Kier molecular flexibility index (Phi) is 2.89. The maximum Gasteiger partial charge on any atom is 0.138 e. The fraction of sp³-hybridized carbons (Fsp3) is 0.143. The predicted molar refractivity (Wildman–Crippen MR) is 70.8 cm³/mol. The monoisotopic (exact) mass is 254 g/mol. The quantitative estimate of drug-likeness (QED) is 0.773. The van der Waals surface area contributed by atoms with Crippen LogP contribution in [0.2, 0.25) is 0 Å². The van der Waals surface area contributed by atoms with Crippen molar-refractivity contribution in [2.75, 3.05) is 0 Å². The van der Waals surface area contributed by atoms with Crippen molar-refractivity contribution in [3.63, 3.8) is 0 Å². The van der Waals surface area contributed by atoms with Crippen LogP contribution in [0.1, 0.15) is 17.5 Å². The van der Waals surface area contributed by atoms with Crippen molar-refractivity contribution in [1.82, 2.24) is 19.6 Å². The molecule has 1 aromatic carbocycles. The van der Waals surface area contributed by atoms with Gasteiger partial charge in [-0.05, 0) is 24.3 Å². The lowest BCUT2D eigenvalue weighted by molar-refractivity contribution is 0.201. The molecule has 3 aromatic rings. The van der Waals surface area contributed by atoms with Crippen molar-refractivity contribution in [1.29, 1.82) is 0 Å². The number of para-hydroxylation sites is 1. The summed E-state index contributed by atoms with van der Waals surface area (Å²) in [5.74, 6) is 0. The summed E-state index contributed by atoms with van der Waals surface area (Å²) < 4.78 is 3.39. The van der Waals surface area contributed by atoms with E-state index in [1.807, 2.05) is 43.4 Å². The summed E-state index contributed by atoms with van der Waals surface area (Å²) in [5, 5.41) is 18.8. The smallest absolute Gasteiger partial charge is 0.138 e. The van der Waals surface area contributed by atoms with Crippen LogP contribution >= 0.6 is 0 Å². The molecule has 96 valence electrons. The number of benzene rings is 1. The number of nitrogens with zero attached hydrogens (tertiary/aromatic N) is 4. The first-order valence-corrected chi connectivity index (χ1v) is 6.02. The number of rotatable bonds is 3. The molecule has 1 atom stereocenters. The predicted octanol–water partition coefficient (Wildman–Crippen LogP) is 1.69. The third-order valence-corrected chi connectivity index (χ3v) is 3.09. The van der Waals surface area contributed by atoms with Gasteiger partial charge in [-0.15, -0.1) is 0 Å². The van der Waals surface area contributed by atoms with Gasteiger partial charge in [0.2, 0.25) is 0 Å². The molecule has 0 aliphatic carbocycles. The van der Waals surface area contributed by atoms with E-state index in [0.29, 0.717) is 0 Å². The molecule has 0 aliphatic rings. The van der Waals surface area contributed by atoms with Crippen molar-refractivity contribution in [3.05, 3.63) is 66.2 Å². The van der Waals surface area contributed by atoms with Crippen molar-refractivity contribution in [3.8, 4) is 5.69 Å². The molecule has 0 radical (unpaired) electrons. The van der Waals surface area contributed by atoms with E-state index < -0.39 is 6.10 Å². The van der Waals surface area contributed by atoms with E-state index in [1.54, 1.807) is 27.8 Å². The molecule has 0 spiro atoms. The van der Waals surface area contributed by atoms with Crippen molar-refractivity contribution < 1.29 is 5.11 Å². The molecule has 0 saturated carbocycles. The highest BCUT2D eigenvalue weighted by atomic mass is 16.3. The van der Waals surface area contributed by atoms with Gasteiger partial charge in [0, 0.05) is 19.4 Å². The minimum atomic E-state index is -0.754. The second kappa shape index (κ2) is 4.70. The summed E-state index contributed by atoms with van der Waals surface area (Å²) in [7, 11) is 1.81. The van der Waals surface area contributed by atoms with E-state index in [0.717, 1.165) is 17.1 Å². The van der Waals surface area contributed by atoms with Crippen LogP contribution in [-0.2, 0) is 7.05 Å². The van der Waals surface area contributed by atoms with Crippen LogP contribution in [0.25, 0.3) is 5.69 Å². The van der Waals surface area contributed by atoms with E-state index in [4.69, 9.17) is 0 Å². The van der Waals surface area contributed by atoms with Gasteiger partial charge in [0.15, 0.2) is 0 Å². The van der Waals surface area contributed by atoms with Crippen LogP contribution in [0, 0.1) is 0 Å². The average Bonchev–Trinajstić information content (AvgIpc) is 3.07. The molecule has 2 heterocycles. The summed E-state index contributed by atoms with van der Waals surface area (Å²) in [5.41, 5.74) is 2.37. The van der Waals surface area contributed by atoms with Gasteiger partial charge < -0.3 is 5.11 Å². The maximum atomic E-state index is 10.5.